The number of aromatic nitrogens is 1. The van der Waals surface area contributed by atoms with Crippen molar-refractivity contribution in [3.8, 4) is 0 Å². The second kappa shape index (κ2) is 7.22. The van der Waals surface area contributed by atoms with Crippen LogP contribution in [0.3, 0.4) is 0 Å². The molecule has 0 fully saturated rings. The van der Waals surface area contributed by atoms with Crippen LogP contribution in [0.5, 0.6) is 0 Å². The molecule has 0 spiro atoms. The average Bonchev–Trinajstić information content (AvgIpc) is 2.92. The molecule has 2 N–H and O–H groups in total. The number of aryl methyl sites for hydroxylation is 1. The van der Waals surface area contributed by atoms with E-state index in [1.165, 1.54) is 4.88 Å². The lowest BCUT2D eigenvalue weighted by Gasteiger charge is -2.15. The number of carbonyl (C=O) groups excluding carboxylic acids is 1. The van der Waals surface area contributed by atoms with Crippen LogP contribution in [-0.4, -0.2) is 17.4 Å². The van der Waals surface area contributed by atoms with Gasteiger partial charge in [0, 0.05) is 28.7 Å². The number of nitrogens with zero attached hydrogens (tertiary/aromatic N) is 1. The largest absolute Gasteiger partial charge is 0.384 e. The average molecular weight is 303 g/mol. The van der Waals surface area contributed by atoms with Crippen LogP contribution >= 0.6 is 11.3 Å². The lowest BCUT2D eigenvalue weighted by molar-refractivity contribution is 0.0941. The molecule has 0 aliphatic heterocycles. The van der Waals surface area contributed by atoms with Crippen molar-refractivity contribution in [2.75, 3.05) is 11.9 Å². The number of pyridine rings is 1. The molecular weight excluding hydrogens is 282 g/mol. The molecule has 2 aromatic rings. The van der Waals surface area contributed by atoms with Crippen molar-refractivity contribution in [2.45, 2.75) is 33.2 Å². The standard InChI is InChI=1S/C16H21N3OS/c1-4-8-18-14-7-9-17-10-13(14)16(20)19-12(3)15-6-5-11(2)21-15/h5-7,9-10,12H,4,8H2,1-3H3,(H,17,18)(H,19,20). The van der Waals surface area contributed by atoms with Crippen molar-refractivity contribution in [3.63, 3.8) is 0 Å². The van der Waals surface area contributed by atoms with Crippen LogP contribution in [0.4, 0.5) is 5.69 Å². The van der Waals surface area contributed by atoms with Crippen molar-refractivity contribution < 1.29 is 4.79 Å². The van der Waals surface area contributed by atoms with Crippen molar-refractivity contribution >= 4 is 22.9 Å². The summed E-state index contributed by atoms with van der Waals surface area (Å²) in [5.74, 6) is -0.0970. The molecule has 0 aromatic carbocycles. The summed E-state index contributed by atoms with van der Waals surface area (Å²) < 4.78 is 0. The fourth-order valence-corrected chi connectivity index (χ4v) is 2.90. The van der Waals surface area contributed by atoms with Crippen LogP contribution in [0.2, 0.25) is 0 Å². The van der Waals surface area contributed by atoms with E-state index in [0.29, 0.717) is 5.56 Å². The molecule has 0 aliphatic rings. The number of nitrogens with one attached hydrogen (secondary N) is 2. The predicted molar refractivity (Wildman–Crippen MR) is 88.0 cm³/mol. The second-order valence-corrected chi connectivity index (χ2v) is 6.31. The molecule has 5 heteroatoms. The summed E-state index contributed by atoms with van der Waals surface area (Å²) in [5, 5.41) is 6.30. The zero-order valence-corrected chi connectivity index (χ0v) is 13.5. The molecule has 0 saturated carbocycles. The summed E-state index contributed by atoms with van der Waals surface area (Å²) >= 11 is 1.71. The zero-order valence-electron chi connectivity index (χ0n) is 12.6. The minimum absolute atomic E-state index is 0.00423. The number of carbonyl (C=O) groups is 1. The minimum atomic E-state index is -0.0970. The fourth-order valence-electron chi connectivity index (χ4n) is 2.02. The summed E-state index contributed by atoms with van der Waals surface area (Å²) in [6.07, 6.45) is 4.31. The summed E-state index contributed by atoms with van der Waals surface area (Å²) in [7, 11) is 0. The maximum atomic E-state index is 12.4. The third kappa shape index (κ3) is 4.04. The molecule has 4 nitrogen and oxygen atoms in total. The first-order chi connectivity index (χ1) is 10.1. The third-order valence-corrected chi connectivity index (χ3v) is 4.35. The van der Waals surface area contributed by atoms with E-state index in [-0.39, 0.29) is 11.9 Å². The summed E-state index contributed by atoms with van der Waals surface area (Å²) in [6, 6.07) is 5.96. The SMILES string of the molecule is CCCNc1ccncc1C(=O)NC(C)c1ccc(C)s1. The monoisotopic (exact) mass is 303 g/mol. The van der Waals surface area contributed by atoms with Gasteiger partial charge in [0.1, 0.15) is 0 Å². The smallest absolute Gasteiger partial charge is 0.255 e. The topological polar surface area (TPSA) is 54.0 Å². The molecule has 0 bridgehead atoms. The molecule has 112 valence electrons. The Bertz CT molecular complexity index is 609. The van der Waals surface area contributed by atoms with Gasteiger partial charge in [-0.05, 0) is 38.5 Å². The van der Waals surface area contributed by atoms with Crippen LogP contribution in [0.1, 0.15) is 46.4 Å². The van der Waals surface area contributed by atoms with E-state index in [4.69, 9.17) is 0 Å². The van der Waals surface area contributed by atoms with E-state index in [0.717, 1.165) is 23.5 Å². The Morgan fingerprint density at radius 1 is 1.38 bits per heavy atom. The fraction of sp³-hybridized carbons (Fsp3) is 0.375. The first kappa shape index (κ1) is 15.5. The van der Waals surface area contributed by atoms with Crippen molar-refractivity contribution in [1.82, 2.24) is 10.3 Å². The highest BCUT2D eigenvalue weighted by Gasteiger charge is 2.15. The van der Waals surface area contributed by atoms with Crippen LogP contribution < -0.4 is 10.6 Å². The molecule has 21 heavy (non-hydrogen) atoms. The number of thiophene rings is 1. The van der Waals surface area contributed by atoms with Gasteiger partial charge in [-0.15, -0.1) is 11.3 Å². The molecule has 2 rings (SSSR count). The molecule has 2 aromatic heterocycles. The molecule has 0 radical (unpaired) electrons. The van der Waals surface area contributed by atoms with E-state index in [1.54, 1.807) is 23.7 Å². The van der Waals surface area contributed by atoms with Crippen molar-refractivity contribution in [3.05, 3.63) is 45.9 Å². The quantitative estimate of drug-likeness (QED) is 0.854. The highest BCUT2D eigenvalue weighted by molar-refractivity contribution is 7.12. The molecule has 2 heterocycles. The van der Waals surface area contributed by atoms with Gasteiger partial charge in [-0.1, -0.05) is 6.92 Å². The Balaban J connectivity index is 2.09. The number of rotatable bonds is 6. The number of anilines is 1. The lowest BCUT2D eigenvalue weighted by Crippen LogP contribution is -2.27. The third-order valence-electron chi connectivity index (χ3n) is 3.17. The Hall–Kier alpha value is -1.88. The number of hydrogen-bond acceptors (Lipinski definition) is 4. The maximum Gasteiger partial charge on any atom is 0.255 e. The second-order valence-electron chi connectivity index (χ2n) is 4.99. The van der Waals surface area contributed by atoms with Gasteiger partial charge >= 0.3 is 0 Å². The predicted octanol–water partition coefficient (Wildman–Crippen LogP) is 3.76. The first-order valence-electron chi connectivity index (χ1n) is 7.17. The molecule has 1 amide bonds. The first-order valence-corrected chi connectivity index (χ1v) is 7.98. The van der Waals surface area contributed by atoms with Gasteiger partial charge in [0.25, 0.3) is 5.91 Å². The highest BCUT2D eigenvalue weighted by Crippen LogP contribution is 2.23. The van der Waals surface area contributed by atoms with Crippen LogP contribution in [-0.2, 0) is 0 Å². The van der Waals surface area contributed by atoms with Gasteiger partial charge in [-0.25, -0.2) is 0 Å². The van der Waals surface area contributed by atoms with E-state index >= 15 is 0 Å². The van der Waals surface area contributed by atoms with E-state index < -0.39 is 0 Å². The highest BCUT2D eigenvalue weighted by atomic mass is 32.1. The minimum Gasteiger partial charge on any atom is -0.384 e. The lowest BCUT2D eigenvalue weighted by atomic mass is 10.2. The van der Waals surface area contributed by atoms with Crippen molar-refractivity contribution in [1.29, 1.82) is 0 Å². The Labute approximate surface area is 129 Å². The molecule has 0 aliphatic carbocycles. The van der Waals surface area contributed by atoms with Gasteiger partial charge < -0.3 is 10.6 Å². The van der Waals surface area contributed by atoms with Crippen molar-refractivity contribution in [2.24, 2.45) is 0 Å². The van der Waals surface area contributed by atoms with Gasteiger partial charge in [0.2, 0.25) is 0 Å². The summed E-state index contributed by atoms with van der Waals surface area (Å²) in [4.78, 5) is 18.9. The molecule has 1 atom stereocenters. The van der Waals surface area contributed by atoms with Gasteiger partial charge in [-0.3, -0.25) is 9.78 Å². The normalized spacial score (nSPS) is 12.0. The van der Waals surface area contributed by atoms with Crippen LogP contribution in [0.15, 0.2) is 30.6 Å². The number of amides is 1. The number of hydrogen-bond donors (Lipinski definition) is 2. The van der Waals surface area contributed by atoms with Gasteiger partial charge in [0.05, 0.1) is 17.3 Å². The zero-order chi connectivity index (χ0) is 15.2. The van der Waals surface area contributed by atoms with Crippen LogP contribution in [0.25, 0.3) is 0 Å². The van der Waals surface area contributed by atoms with E-state index in [1.807, 2.05) is 13.0 Å². The molecule has 1 unspecified atom stereocenters. The van der Waals surface area contributed by atoms with Crippen LogP contribution in [0, 0.1) is 6.92 Å². The molecule has 0 saturated heterocycles. The molecular formula is C16H21N3OS. The van der Waals surface area contributed by atoms with E-state index in [2.05, 4.69) is 41.6 Å². The Kier molecular flexibility index (Phi) is 5.33. The summed E-state index contributed by atoms with van der Waals surface area (Å²) in [5.41, 5.74) is 1.42. The Morgan fingerprint density at radius 3 is 2.86 bits per heavy atom. The van der Waals surface area contributed by atoms with E-state index in [9.17, 15) is 4.79 Å². The maximum absolute atomic E-state index is 12.4. The van der Waals surface area contributed by atoms with Gasteiger partial charge in [0.15, 0.2) is 0 Å². The Morgan fingerprint density at radius 2 is 2.19 bits per heavy atom. The van der Waals surface area contributed by atoms with Gasteiger partial charge in [-0.2, -0.15) is 0 Å². The summed E-state index contributed by atoms with van der Waals surface area (Å²) in [6.45, 7) is 6.99.